The summed E-state index contributed by atoms with van der Waals surface area (Å²) in [5, 5.41) is 14.1. The number of rotatable bonds is 8. The second-order valence-corrected chi connectivity index (χ2v) is 8.77. The summed E-state index contributed by atoms with van der Waals surface area (Å²) in [4.78, 5) is 25.5. The summed E-state index contributed by atoms with van der Waals surface area (Å²) in [5.41, 5.74) is 3.30. The molecule has 186 valence electrons. The van der Waals surface area contributed by atoms with E-state index in [1.807, 2.05) is 58.9 Å². The zero-order chi connectivity index (χ0) is 24.8. The minimum Gasteiger partial charge on any atom is -0.419 e. The van der Waals surface area contributed by atoms with Gasteiger partial charge in [0.25, 0.3) is 0 Å². The molecule has 0 saturated heterocycles. The molecule has 0 aliphatic heterocycles. The van der Waals surface area contributed by atoms with E-state index in [4.69, 9.17) is 9.47 Å². The molecule has 0 aromatic heterocycles. The summed E-state index contributed by atoms with van der Waals surface area (Å²) in [7, 11) is 0. The molecule has 0 fully saturated rings. The van der Waals surface area contributed by atoms with E-state index in [1.54, 1.807) is 30.3 Å². The molecule has 6 nitrogen and oxygen atoms in total. The summed E-state index contributed by atoms with van der Waals surface area (Å²) in [6.45, 7) is 9.71. The SMILES string of the molecule is Cc1ccc(C(=O)Oc2ccc(C(O)C(C)NC(C)C)cc2OC(=O)c2ccc(C)cc2)cc1.Cl. The summed E-state index contributed by atoms with van der Waals surface area (Å²) in [6, 6.07) is 18.6. The van der Waals surface area contributed by atoms with Gasteiger partial charge in [0.15, 0.2) is 11.5 Å². The van der Waals surface area contributed by atoms with E-state index in [2.05, 4.69) is 5.32 Å². The largest absolute Gasteiger partial charge is 0.419 e. The van der Waals surface area contributed by atoms with Crippen molar-refractivity contribution in [1.29, 1.82) is 0 Å². The van der Waals surface area contributed by atoms with E-state index in [1.165, 1.54) is 12.1 Å². The summed E-state index contributed by atoms with van der Waals surface area (Å²) < 4.78 is 11.2. The van der Waals surface area contributed by atoms with Crippen LogP contribution in [0.1, 0.15) is 64.3 Å². The molecule has 2 unspecified atom stereocenters. The maximum Gasteiger partial charge on any atom is 0.343 e. The first kappa shape index (κ1) is 28.1. The van der Waals surface area contributed by atoms with Gasteiger partial charge in [0.05, 0.1) is 17.2 Å². The van der Waals surface area contributed by atoms with Crippen molar-refractivity contribution in [2.45, 2.75) is 52.8 Å². The highest BCUT2D eigenvalue weighted by molar-refractivity contribution is 5.93. The molecule has 0 spiro atoms. The third-order valence-electron chi connectivity index (χ3n) is 5.36. The Morgan fingerprint density at radius 2 is 1.20 bits per heavy atom. The van der Waals surface area contributed by atoms with Crippen molar-refractivity contribution in [2.75, 3.05) is 0 Å². The predicted octanol–water partition coefficient (Wildman–Crippen LogP) is 5.58. The van der Waals surface area contributed by atoms with Crippen LogP contribution < -0.4 is 14.8 Å². The smallest absolute Gasteiger partial charge is 0.343 e. The highest BCUT2D eigenvalue weighted by Gasteiger charge is 2.22. The van der Waals surface area contributed by atoms with Crippen LogP contribution in [0.4, 0.5) is 0 Å². The van der Waals surface area contributed by atoms with Crippen LogP contribution in [0.2, 0.25) is 0 Å². The van der Waals surface area contributed by atoms with Gasteiger partial charge in [-0.1, -0.05) is 55.3 Å². The average molecular weight is 498 g/mol. The van der Waals surface area contributed by atoms with Crippen LogP contribution in [-0.4, -0.2) is 29.1 Å². The van der Waals surface area contributed by atoms with Crippen molar-refractivity contribution in [2.24, 2.45) is 0 Å². The third-order valence-corrected chi connectivity index (χ3v) is 5.36. The van der Waals surface area contributed by atoms with Crippen molar-refractivity contribution < 1.29 is 24.2 Å². The molecular formula is C28H32ClNO5. The topological polar surface area (TPSA) is 84.9 Å². The van der Waals surface area contributed by atoms with Crippen LogP contribution in [0.15, 0.2) is 66.7 Å². The van der Waals surface area contributed by atoms with Crippen molar-refractivity contribution in [1.82, 2.24) is 5.32 Å². The van der Waals surface area contributed by atoms with E-state index in [-0.39, 0.29) is 36.0 Å². The molecule has 0 amide bonds. The molecule has 3 aromatic rings. The first-order valence-corrected chi connectivity index (χ1v) is 11.3. The zero-order valence-corrected chi connectivity index (χ0v) is 21.4. The monoisotopic (exact) mass is 497 g/mol. The molecule has 2 atom stereocenters. The number of carbonyl (C=O) groups excluding carboxylic acids is 2. The number of aliphatic hydroxyl groups is 1. The molecule has 0 radical (unpaired) electrons. The highest BCUT2D eigenvalue weighted by atomic mass is 35.5. The van der Waals surface area contributed by atoms with E-state index in [9.17, 15) is 14.7 Å². The maximum atomic E-state index is 12.8. The van der Waals surface area contributed by atoms with Gasteiger partial charge in [-0.25, -0.2) is 9.59 Å². The molecule has 2 N–H and O–H groups in total. The fourth-order valence-electron chi connectivity index (χ4n) is 3.48. The van der Waals surface area contributed by atoms with Gasteiger partial charge < -0.3 is 19.9 Å². The number of esters is 2. The van der Waals surface area contributed by atoms with Gasteiger partial charge in [0, 0.05) is 12.1 Å². The Bertz CT molecular complexity index is 1140. The minimum atomic E-state index is -0.860. The van der Waals surface area contributed by atoms with Crippen LogP contribution >= 0.6 is 12.4 Å². The van der Waals surface area contributed by atoms with Gasteiger partial charge in [-0.15, -0.1) is 12.4 Å². The molecule has 0 aliphatic carbocycles. The van der Waals surface area contributed by atoms with Gasteiger partial charge in [0.1, 0.15) is 0 Å². The first-order chi connectivity index (χ1) is 16.1. The fraction of sp³-hybridized carbons (Fsp3) is 0.286. The molecule has 0 aliphatic rings. The van der Waals surface area contributed by atoms with Crippen LogP contribution in [-0.2, 0) is 0 Å². The number of carbonyl (C=O) groups is 2. The second-order valence-electron chi connectivity index (χ2n) is 8.77. The van der Waals surface area contributed by atoms with E-state index in [0.29, 0.717) is 16.7 Å². The van der Waals surface area contributed by atoms with Crippen LogP contribution in [0.5, 0.6) is 11.5 Å². The lowest BCUT2D eigenvalue weighted by Crippen LogP contribution is -2.37. The molecule has 0 saturated carbocycles. The Hall–Kier alpha value is -3.19. The molecule has 0 bridgehead atoms. The van der Waals surface area contributed by atoms with E-state index in [0.717, 1.165) is 11.1 Å². The number of ether oxygens (including phenoxy) is 2. The number of aliphatic hydroxyl groups excluding tert-OH is 1. The first-order valence-electron chi connectivity index (χ1n) is 11.3. The van der Waals surface area contributed by atoms with E-state index < -0.39 is 18.0 Å². The minimum absolute atomic E-state index is 0. The van der Waals surface area contributed by atoms with Gasteiger partial charge >= 0.3 is 11.9 Å². The number of halogens is 1. The number of benzene rings is 3. The summed E-state index contributed by atoms with van der Waals surface area (Å²) >= 11 is 0. The Balaban J connectivity index is 0.00000432. The molecule has 3 aromatic carbocycles. The third kappa shape index (κ3) is 7.65. The number of aryl methyl sites for hydroxylation is 2. The van der Waals surface area contributed by atoms with Gasteiger partial charge in [-0.05, 0) is 62.7 Å². The van der Waals surface area contributed by atoms with Crippen molar-refractivity contribution in [3.8, 4) is 11.5 Å². The van der Waals surface area contributed by atoms with E-state index >= 15 is 0 Å². The molecular weight excluding hydrogens is 466 g/mol. The quantitative estimate of drug-likeness (QED) is 0.312. The normalized spacial score (nSPS) is 12.4. The Morgan fingerprint density at radius 1 is 0.743 bits per heavy atom. The van der Waals surface area contributed by atoms with Crippen LogP contribution in [0.3, 0.4) is 0 Å². The fourth-order valence-corrected chi connectivity index (χ4v) is 3.48. The average Bonchev–Trinajstić information content (AvgIpc) is 2.80. The lowest BCUT2D eigenvalue weighted by atomic mass is 10.0. The summed E-state index contributed by atoms with van der Waals surface area (Å²) in [5.74, 6) is -1.02. The van der Waals surface area contributed by atoms with Crippen LogP contribution in [0, 0.1) is 13.8 Å². The van der Waals surface area contributed by atoms with Crippen molar-refractivity contribution >= 4 is 24.3 Å². The van der Waals surface area contributed by atoms with Crippen molar-refractivity contribution in [3.05, 3.63) is 94.5 Å². The van der Waals surface area contributed by atoms with Crippen LogP contribution in [0.25, 0.3) is 0 Å². The Labute approximate surface area is 212 Å². The van der Waals surface area contributed by atoms with Gasteiger partial charge in [-0.2, -0.15) is 0 Å². The molecule has 0 heterocycles. The Morgan fingerprint density at radius 3 is 1.66 bits per heavy atom. The Kier molecular flexibility index (Phi) is 10.0. The predicted molar refractivity (Wildman–Crippen MR) is 139 cm³/mol. The number of hydrogen-bond acceptors (Lipinski definition) is 6. The second kappa shape index (κ2) is 12.5. The standard InChI is InChI=1S/C28H31NO5.ClH/c1-17(2)29-20(5)26(30)23-14-15-24(33-27(31)21-10-6-18(3)7-11-21)25(16-23)34-28(32)22-12-8-19(4)9-13-22;/h6-17,20,26,29-30H,1-5H3;1H. The molecule has 3 rings (SSSR count). The number of hydrogen-bond donors (Lipinski definition) is 2. The van der Waals surface area contributed by atoms with Crippen molar-refractivity contribution in [3.63, 3.8) is 0 Å². The highest BCUT2D eigenvalue weighted by Crippen LogP contribution is 2.33. The van der Waals surface area contributed by atoms with Gasteiger partial charge in [0.2, 0.25) is 0 Å². The maximum absolute atomic E-state index is 12.8. The lowest BCUT2D eigenvalue weighted by molar-refractivity contribution is 0.0681. The lowest BCUT2D eigenvalue weighted by Gasteiger charge is -2.23. The number of nitrogens with one attached hydrogen (secondary N) is 1. The summed E-state index contributed by atoms with van der Waals surface area (Å²) in [6.07, 6.45) is -0.860. The van der Waals surface area contributed by atoms with Gasteiger partial charge in [-0.3, -0.25) is 0 Å². The molecule has 35 heavy (non-hydrogen) atoms. The zero-order valence-electron chi connectivity index (χ0n) is 20.6. The molecule has 7 heteroatoms.